The van der Waals surface area contributed by atoms with E-state index in [1.807, 2.05) is 0 Å². The molecule has 0 aliphatic heterocycles. The first-order valence-corrected chi connectivity index (χ1v) is 16.8. The number of benzene rings is 4. The van der Waals surface area contributed by atoms with Gasteiger partial charge in [0.15, 0.2) is 0 Å². The van der Waals surface area contributed by atoms with Gasteiger partial charge in [0.2, 0.25) is 0 Å². The molecule has 0 N–H and O–H groups in total. The van der Waals surface area contributed by atoms with E-state index >= 15 is 0 Å². The Morgan fingerprint density at radius 1 is 0.372 bits per heavy atom. The summed E-state index contributed by atoms with van der Waals surface area (Å²) in [6, 6.07) is 47.2. The molecule has 218 valence electrons. The van der Waals surface area contributed by atoms with Gasteiger partial charge in [-0.2, -0.15) is 56.6 Å². The molecule has 43 heavy (non-hydrogen) atoms. The van der Waals surface area contributed by atoms with Crippen LogP contribution in [0, 0.1) is 27.7 Å². The minimum atomic E-state index is 0. The Balaban J connectivity index is 0.000000264. The molecule has 0 bridgehead atoms. The van der Waals surface area contributed by atoms with Gasteiger partial charge in [-0.1, -0.05) is 184 Å². The van der Waals surface area contributed by atoms with E-state index < -0.39 is 0 Å². The average Bonchev–Trinajstić information content (AvgIpc) is 3.48. The van der Waals surface area contributed by atoms with E-state index in [-0.39, 0.29) is 45.1 Å². The summed E-state index contributed by atoms with van der Waals surface area (Å²) in [7, 11) is 0.750. The number of hydrogen-bond acceptors (Lipinski definition) is 0. The number of rotatable bonds is 4. The predicted molar refractivity (Wildman–Crippen MR) is 191 cm³/mol. The standard InChI is InChI=1S/2C19H17.C2H7Si.ClH.Y/c2*1-14-13-15(2)19(17-11-7-4-8-12-17)18(14)16-9-5-3-6-10-16;1-3-2;;/h2*3-13H,1-2H3;3H,1-2H3;1H;/q2*-1;;;. The predicted octanol–water partition coefficient (Wildman–Crippen LogP) is 11.7. The first-order chi connectivity index (χ1) is 20.0. The van der Waals surface area contributed by atoms with Crippen molar-refractivity contribution in [2.24, 2.45) is 0 Å². The molecule has 6 aromatic rings. The first-order valence-electron chi connectivity index (χ1n) is 14.5. The second-order valence-corrected chi connectivity index (χ2v) is 11.7. The maximum Gasteiger partial charge on any atom is 0.0213 e. The van der Waals surface area contributed by atoms with Crippen molar-refractivity contribution in [2.75, 3.05) is 0 Å². The topological polar surface area (TPSA) is 0 Å². The van der Waals surface area contributed by atoms with Crippen LogP contribution in [0.5, 0.6) is 0 Å². The second-order valence-electron chi connectivity index (χ2n) is 10.6. The van der Waals surface area contributed by atoms with Gasteiger partial charge >= 0.3 is 0 Å². The van der Waals surface area contributed by atoms with Gasteiger partial charge in [0.25, 0.3) is 0 Å². The van der Waals surface area contributed by atoms with Crippen LogP contribution < -0.4 is 0 Å². The van der Waals surface area contributed by atoms with Crippen molar-refractivity contribution in [1.29, 1.82) is 0 Å². The molecule has 0 atom stereocenters. The molecule has 0 spiro atoms. The molecule has 2 radical (unpaired) electrons. The Morgan fingerprint density at radius 3 is 0.698 bits per heavy atom. The maximum atomic E-state index is 2.28. The maximum absolute atomic E-state index is 2.28. The Hall–Kier alpha value is -2.81. The Morgan fingerprint density at radius 2 is 0.535 bits per heavy atom. The minimum absolute atomic E-state index is 0. The van der Waals surface area contributed by atoms with Crippen LogP contribution in [-0.2, 0) is 32.7 Å². The molecule has 3 heteroatoms. The molecule has 0 nitrogen and oxygen atoms in total. The SMILES string of the molecule is C[SiH]C.Cc1[cH-]c(C)c(-c2ccccc2)c1-c1ccccc1.Cc1[cH-]c(C)c(-c2ccccc2)c1-c1ccccc1.Cl.[Y]. The summed E-state index contributed by atoms with van der Waals surface area (Å²) < 4.78 is 0. The summed E-state index contributed by atoms with van der Waals surface area (Å²) >= 11 is 0. The van der Waals surface area contributed by atoms with Crippen LogP contribution in [0.3, 0.4) is 0 Å². The van der Waals surface area contributed by atoms with Crippen molar-refractivity contribution in [2.45, 2.75) is 40.8 Å². The number of halogens is 1. The van der Waals surface area contributed by atoms with Gasteiger partial charge in [-0.05, 0) is 0 Å². The van der Waals surface area contributed by atoms with Gasteiger partial charge in [0, 0.05) is 42.2 Å². The van der Waals surface area contributed by atoms with E-state index in [0.717, 1.165) is 9.52 Å². The molecule has 0 saturated carbocycles. The van der Waals surface area contributed by atoms with E-state index in [4.69, 9.17) is 0 Å². The van der Waals surface area contributed by atoms with E-state index in [0.29, 0.717) is 0 Å². The van der Waals surface area contributed by atoms with Crippen LogP contribution in [0.4, 0.5) is 0 Å². The van der Waals surface area contributed by atoms with Crippen molar-refractivity contribution in [1.82, 2.24) is 0 Å². The summed E-state index contributed by atoms with van der Waals surface area (Å²) in [5.74, 6) is 0. The molecule has 0 saturated heterocycles. The normalized spacial score (nSPS) is 9.81. The summed E-state index contributed by atoms with van der Waals surface area (Å²) in [5, 5.41) is 0. The Bertz CT molecular complexity index is 1390. The third-order valence-corrected chi connectivity index (χ3v) is 7.19. The zero-order valence-corrected chi connectivity index (χ0v) is 31.1. The monoisotopic (exact) mass is 674 g/mol. The molecule has 0 heterocycles. The fourth-order valence-corrected chi connectivity index (χ4v) is 5.63. The average molecular weight is 675 g/mol. The van der Waals surface area contributed by atoms with Crippen LogP contribution in [0.2, 0.25) is 13.1 Å². The van der Waals surface area contributed by atoms with E-state index in [9.17, 15) is 0 Å². The third-order valence-electron chi connectivity index (χ3n) is 7.19. The molecule has 0 aliphatic rings. The molecule has 0 amide bonds. The van der Waals surface area contributed by atoms with Gasteiger partial charge in [0.1, 0.15) is 0 Å². The van der Waals surface area contributed by atoms with Crippen LogP contribution in [-0.4, -0.2) is 9.52 Å². The molecular weight excluding hydrogens is 633 g/mol. The minimum Gasteiger partial charge on any atom is -0.165 e. The summed E-state index contributed by atoms with van der Waals surface area (Å²) in [6.07, 6.45) is 0. The van der Waals surface area contributed by atoms with Gasteiger partial charge in [-0.25, -0.2) is 0 Å². The quantitative estimate of drug-likeness (QED) is 0.129. The van der Waals surface area contributed by atoms with Gasteiger partial charge in [0.05, 0.1) is 0 Å². The zero-order chi connectivity index (χ0) is 29.2. The van der Waals surface area contributed by atoms with Crippen LogP contribution in [0.25, 0.3) is 44.5 Å². The molecule has 0 fully saturated rings. The summed E-state index contributed by atoms with van der Waals surface area (Å²) in [6.45, 7) is 13.2. The molecule has 6 aromatic carbocycles. The number of aryl methyl sites for hydroxylation is 4. The molecule has 0 aromatic heterocycles. The smallest absolute Gasteiger partial charge is 0.0213 e. The Kier molecular flexibility index (Phi) is 15.3. The van der Waals surface area contributed by atoms with Crippen molar-refractivity contribution >= 4 is 21.9 Å². The zero-order valence-electron chi connectivity index (χ0n) is 26.3. The fraction of sp³-hybridized carbons (Fsp3) is 0.150. The van der Waals surface area contributed by atoms with E-state index in [2.05, 4.69) is 174 Å². The largest absolute Gasteiger partial charge is 0.165 e. The van der Waals surface area contributed by atoms with Crippen LogP contribution in [0.1, 0.15) is 22.3 Å². The van der Waals surface area contributed by atoms with Crippen molar-refractivity contribution in [3.63, 3.8) is 0 Å². The number of hydrogen-bond donors (Lipinski definition) is 0. The van der Waals surface area contributed by atoms with Crippen LogP contribution >= 0.6 is 12.4 Å². The second kappa shape index (κ2) is 18.1. The van der Waals surface area contributed by atoms with E-state index in [1.165, 1.54) is 66.8 Å². The van der Waals surface area contributed by atoms with Crippen molar-refractivity contribution < 1.29 is 32.7 Å². The molecule has 0 unspecified atom stereocenters. The first kappa shape index (κ1) is 36.4. The fourth-order valence-electron chi connectivity index (χ4n) is 5.63. The molecule has 0 aliphatic carbocycles. The summed E-state index contributed by atoms with van der Waals surface area (Å²) in [5.41, 5.74) is 16.1. The van der Waals surface area contributed by atoms with Crippen LogP contribution in [0.15, 0.2) is 133 Å². The molecule has 6 rings (SSSR count). The van der Waals surface area contributed by atoms with Crippen molar-refractivity contribution in [3.8, 4) is 44.5 Å². The summed E-state index contributed by atoms with van der Waals surface area (Å²) in [4.78, 5) is 0. The molecular formula is C40H42ClSiY-2. The van der Waals surface area contributed by atoms with Gasteiger partial charge < -0.3 is 0 Å². The van der Waals surface area contributed by atoms with E-state index in [1.54, 1.807) is 0 Å². The van der Waals surface area contributed by atoms with Gasteiger partial charge in [-0.3, -0.25) is 0 Å². The Labute approximate surface area is 293 Å². The third kappa shape index (κ3) is 9.10. The van der Waals surface area contributed by atoms with Gasteiger partial charge in [-0.15, -0.1) is 12.4 Å². The van der Waals surface area contributed by atoms with Crippen molar-refractivity contribution in [3.05, 3.63) is 156 Å².